The van der Waals surface area contributed by atoms with Crippen LogP contribution in [-0.2, 0) is 10.0 Å². The largest absolute Gasteiger partial charge is 0.241 e. The van der Waals surface area contributed by atoms with E-state index in [9.17, 15) is 8.42 Å². The summed E-state index contributed by atoms with van der Waals surface area (Å²) >= 11 is 0. The molecule has 1 N–H and O–H groups in total. The van der Waals surface area contributed by atoms with Crippen molar-refractivity contribution in [2.75, 3.05) is 0 Å². The summed E-state index contributed by atoms with van der Waals surface area (Å²) in [5.41, 5.74) is 3.01. The van der Waals surface area contributed by atoms with Crippen LogP contribution in [0.4, 0.5) is 0 Å². The maximum Gasteiger partial charge on any atom is 0.241 e. The van der Waals surface area contributed by atoms with Gasteiger partial charge in [0, 0.05) is 6.42 Å². The third kappa shape index (κ3) is 6.86. The van der Waals surface area contributed by atoms with Crippen molar-refractivity contribution in [2.45, 2.75) is 63.8 Å². The Hall–Kier alpha value is -2.09. The Bertz CT molecular complexity index is 873. The Morgan fingerprint density at radius 1 is 0.889 bits per heavy atom. The second-order valence-corrected chi connectivity index (χ2v) is 8.62. The summed E-state index contributed by atoms with van der Waals surface area (Å²) < 4.78 is 28.3. The van der Waals surface area contributed by atoms with Crippen LogP contribution in [0.15, 0.2) is 53.4 Å². The van der Waals surface area contributed by atoms with Crippen LogP contribution in [0.3, 0.4) is 0 Å². The first-order chi connectivity index (χ1) is 12.9. The predicted molar refractivity (Wildman–Crippen MR) is 112 cm³/mol. The SMILES string of the molecule is CCCCCCC#CC(NS(=O)(=O)c1ccc(C)cc1)c1ccc(C)cc1. The highest BCUT2D eigenvalue weighted by Gasteiger charge is 2.20. The molecule has 2 rings (SSSR count). The minimum Gasteiger partial charge on any atom is -0.207 e. The summed E-state index contributed by atoms with van der Waals surface area (Å²) in [7, 11) is -3.64. The number of benzene rings is 2. The highest BCUT2D eigenvalue weighted by atomic mass is 32.2. The molecule has 0 bridgehead atoms. The molecule has 1 unspecified atom stereocenters. The number of aryl methyl sites for hydroxylation is 2. The monoisotopic (exact) mass is 383 g/mol. The molecule has 1 atom stereocenters. The summed E-state index contributed by atoms with van der Waals surface area (Å²) in [5.74, 6) is 6.29. The average molecular weight is 384 g/mol. The van der Waals surface area contributed by atoms with E-state index in [1.165, 1.54) is 12.8 Å². The van der Waals surface area contributed by atoms with E-state index in [-0.39, 0.29) is 4.90 Å². The fourth-order valence-corrected chi connectivity index (χ4v) is 3.83. The predicted octanol–water partition coefficient (Wildman–Crippen LogP) is 5.30. The molecule has 0 saturated carbocycles. The molecular weight excluding hydrogens is 354 g/mol. The Morgan fingerprint density at radius 3 is 2.07 bits per heavy atom. The van der Waals surface area contributed by atoms with Crippen molar-refractivity contribution in [2.24, 2.45) is 0 Å². The molecule has 0 aliphatic rings. The molecule has 144 valence electrons. The summed E-state index contributed by atoms with van der Waals surface area (Å²) in [6.45, 7) is 6.12. The van der Waals surface area contributed by atoms with Crippen LogP contribution < -0.4 is 4.72 Å². The van der Waals surface area contributed by atoms with E-state index < -0.39 is 16.1 Å². The quantitative estimate of drug-likeness (QED) is 0.497. The van der Waals surface area contributed by atoms with E-state index in [1.54, 1.807) is 24.3 Å². The Morgan fingerprint density at radius 2 is 1.48 bits per heavy atom. The van der Waals surface area contributed by atoms with Crippen molar-refractivity contribution in [3.8, 4) is 11.8 Å². The molecular formula is C23H29NO2S. The van der Waals surface area contributed by atoms with Gasteiger partial charge in [-0.3, -0.25) is 0 Å². The van der Waals surface area contributed by atoms with Gasteiger partial charge in [-0.1, -0.05) is 79.6 Å². The van der Waals surface area contributed by atoms with Gasteiger partial charge in [-0.25, -0.2) is 8.42 Å². The van der Waals surface area contributed by atoms with Crippen LogP contribution in [-0.4, -0.2) is 8.42 Å². The van der Waals surface area contributed by atoms with Crippen LogP contribution in [0.1, 0.15) is 61.8 Å². The average Bonchev–Trinajstić information content (AvgIpc) is 2.64. The molecule has 0 aliphatic heterocycles. The number of hydrogen-bond donors (Lipinski definition) is 1. The van der Waals surface area contributed by atoms with Crippen LogP contribution in [0.5, 0.6) is 0 Å². The standard InChI is InChI=1S/C23H29NO2S/c1-4-5-6-7-8-9-10-23(21-15-11-19(2)12-16-21)24-27(25,26)22-17-13-20(3)14-18-22/h11-18,23-24H,4-8H2,1-3H3. The van der Waals surface area contributed by atoms with Gasteiger partial charge in [0.2, 0.25) is 10.0 Å². The lowest BCUT2D eigenvalue weighted by Gasteiger charge is -2.15. The molecule has 3 nitrogen and oxygen atoms in total. The zero-order valence-corrected chi connectivity index (χ0v) is 17.3. The number of nitrogens with one attached hydrogen (secondary N) is 1. The van der Waals surface area contributed by atoms with E-state index >= 15 is 0 Å². The molecule has 0 radical (unpaired) electrons. The van der Waals surface area contributed by atoms with E-state index in [2.05, 4.69) is 23.5 Å². The van der Waals surface area contributed by atoms with Crippen molar-refractivity contribution in [3.05, 3.63) is 65.2 Å². The van der Waals surface area contributed by atoms with Gasteiger partial charge in [0.1, 0.15) is 6.04 Å². The normalized spacial score (nSPS) is 12.3. The van der Waals surface area contributed by atoms with E-state index in [0.717, 1.165) is 36.0 Å². The highest BCUT2D eigenvalue weighted by molar-refractivity contribution is 7.89. The topological polar surface area (TPSA) is 46.2 Å². The Kier molecular flexibility index (Phi) is 8.09. The van der Waals surface area contributed by atoms with Crippen molar-refractivity contribution in [1.29, 1.82) is 0 Å². The van der Waals surface area contributed by atoms with E-state index in [4.69, 9.17) is 0 Å². The molecule has 27 heavy (non-hydrogen) atoms. The molecule has 0 aliphatic carbocycles. The molecule has 0 aromatic heterocycles. The van der Waals surface area contributed by atoms with Crippen molar-refractivity contribution >= 4 is 10.0 Å². The summed E-state index contributed by atoms with van der Waals surface area (Å²) in [5, 5.41) is 0. The van der Waals surface area contributed by atoms with Gasteiger partial charge in [0.25, 0.3) is 0 Å². The lowest BCUT2D eigenvalue weighted by atomic mass is 10.1. The first-order valence-corrected chi connectivity index (χ1v) is 11.0. The Labute approximate surface area is 164 Å². The maximum atomic E-state index is 12.8. The minimum atomic E-state index is -3.64. The lowest BCUT2D eigenvalue weighted by molar-refractivity contribution is 0.576. The summed E-state index contributed by atoms with van der Waals surface area (Å²) in [4.78, 5) is 0.259. The second-order valence-electron chi connectivity index (χ2n) is 6.91. The van der Waals surface area contributed by atoms with Crippen molar-refractivity contribution in [1.82, 2.24) is 4.72 Å². The van der Waals surface area contributed by atoms with Crippen molar-refractivity contribution in [3.63, 3.8) is 0 Å². The van der Waals surface area contributed by atoms with Crippen LogP contribution >= 0.6 is 0 Å². The molecule has 0 heterocycles. The van der Waals surface area contributed by atoms with Gasteiger partial charge in [0.05, 0.1) is 4.90 Å². The fraction of sp³-hybridized carbons (Fsp3) is 0.391. The maximum absolute atomic E-state index is 12.8. The minimum absolute atomic E-state index is 0.259. The van der Waals surface area contributed by atoms with Gasteiger partial charge in [0.15, 0.2) is 0 Å². The third-order valence-corrected chi connectivity index (χ3v) is 5.86. The van der Waals surface area contributed by atoms with E-state index in [0.29, 0.717) is 0 Å². The zero-order valence-electron chi connectivity index (χ0n) is 16.5. The number of unbranched alkanes of at least 4 members (excludes halogenated alkanes) is 4. The van der Waals surface area contributed by atoms with Gasteiger partial charge < -0.3 is 0 Å². The van der Waals surface area contributed by atoms with E-state index in [1.807, 2.05) is 38.1 Å². The third-order valence-electron chi connectivity index (χ3n) is 4.42. The second kappa shape index (κ2) is 10.3. The molecule has 2 aromatic carbocycles. The van der Waals surface area contributed by atoms with Crippen LogP contribution in [0.25, 0.3) is 0 Å². The number of hydrogen-bond acceptors (Lipinski definition) is 2. The van der Waals surface area contributed by atoms with Crippen molar-refractivity contribution < 1.29 is 8.42 Å². The smallest absolute Gasteiger partial charge is 0.207 e. The van der Waals surface area contributed by atoms with Gasteiger partial charge in [-0.15, -0.1) is 5.92 Å². The molecule has 4 heteroatoms. The molecule has 0 fully saturated rings. The fourth-order valence-electron chi connectivity index (χ4n) is 2.69. The van der Waals surface area contributed by atoms with Gasteiger partial charge >= 0.3 is 0 Å². The van der Waals surface area contributed by atoms with Gasteiger partial charge in [-0.05, 0) is 38.0 Å². The van der Waals surface area contributed by atoms with Crippen LogP contribution in [0.2, 0.25) is 0 Å². The van der Waals surface area contributed by atoms with Crippen LogP contribution in [0, 0.1) is 25.7 Å². The lowest BCUT2D eigenvalue weighted by Crippen LogP contribution is -2.28. The first kappa shape index (κ1) is 21.2. The highest BCUT2D eigenvalue weighted by Crippen LogP contribution is 2.18. The summed E-state index contributed by atoms with van der Waals surface area (Å²) in [6.07, 6.45) is 5.40. The van der Waals surface area contributed by atoms with Gasteiger partial charge in [-0.2, -0.15) is 4.72 Å². The molecule has 2 aromatic rings. The number of rotatable bonds is 8. The Balaban J connectivity index is 2.20. The number of sulfonamides is 1. The zero-order chi connectivity index (χ0) is 19.7. The molecule has 0 amide bonds. The molecule has 0 saturated heterocycles. The molecule has 0 spiro atoms. The summed E-state index contributed by atoms with van der Waals surface area (Å²) in [6, 6.07) is 14.1. The first-order valence-electron chi connectivity index (χ1n) is 9.56.